The van der Waals surface area contributed by atoms with Crippen LogP contribution in [0.5, 0.6) is 0 Å². The Morgan fingerprint density at radius 1 is 1.53 bits per heavy atom. The first-order chi connectivity index (χ1) is 7.96. The molecular weight excluding hydrogens is 218 g/mol. The molecule has 5 nitrogen and oxygen atoms in total. The summed E-state index contributed by atoms with van der Waals surface area (Å²) in [6.07, 6.45) is 3.77. The van der Waals surface area contributed by atoms with Gasteiger partial charge in [-0.05, 0) is 11.8 Å². The summed E-state index contributed by atoms with van der Waals surface area (Å²) < 4.78 is 0. The molecule has 17 heavy (non-hydrogen) atoms. The van der Waals surface area contributed by atoms with E-state index in [0.29, 0.717) is 12.2 Å². The van der Waals surface area contributed by atoms with E-state index in [4.69, 9.17) is 5.11 Å². The van der Waals surface area contributed by atoms with Crippen LogP contribution in [0.2, 0.25) is 0 Å². The minimum atomic E-state index is -0.989. The van der Waals surface area contributed by atoms with Crippen molar-refractivity contribution in [2.75, 3.05) is 6.54 Å². The van der Waals surface area contributed by atoms with Crippen LogP contribution in [0.25, 0.3) is 0 Å². The van der Waals surface area contributed by atoms with E-state index in [2.05, 4.69) is 36.1 Å². The molecule has 0 amide bonds. The number of aromatic carboxylic acids is 1. The molecule has 1 aromatic heterocycles. The molecule has 0 spiro atoms. The summed E-state index contributed by atoms with van der Waals surface area (Å²) >= 11 is 0. The van der Waals surface area contributed by atoms with Gasteiger partial charge in [0.1, 0.15) is 11.9 Å². The molecule has 1 aromatic rings. The van der Waals surface area contributed by atoms with Crippen LogP contribution >= 0.6 is 0 Å². The molecule has 0 atom stereocenters. The predicted molar refractivity (Wildman–Crippen MR) is 64.8 cm³/mol. The Labute approximate surface area is 101 Å². The monoisotopic (exact) mass is 237 g/mol. The average molecular weight is 237 g/mol. The Morgan fingerprint density at radius 2 is 2.24 bits per heavy atom. The Balaban J connectivity index is 2.61. The summed E-state index contributed by atoms with van der Waals surface area (Å²) in [7, 11) is 0. The zero-order chi connectivity index (χ0) is 12.9. The van der Waals surface area contributed by atoms with Crippen molar-refractivity contribution in [2.45, 2.75) is 33.7 Å². The van der Waals surface area contributed by atoms with Gasteiger partial charge in [0.2, 0.25) is 0 Å². The maximum absolute atomic E-state index is 10.9. The number of hydrogen-bond acceptors (Lipinski definition) is 4. The molecule has 1 rings (SSSR count). The number of hydrogen-bond donors (Lipinski definition) is 2. The van der Waals surface area contributed by atoms with Gasteiger partial charge in [-0.15, -0.1) is 0 Å². The van der Waals surface area contributed by atoms with Gasteiger partial charge in [0.25, 0.3) is 0 Å². The van der Waals surface area contributed by atoms with Crippen molar-refractivity contribution in [3.8, 4) is 0 Å². The molecule has 0 aliphatic carbocycles. The topological polar surface area (TPSA) is 75.1 Å². The second-order valence-corrected chi connectivity index (χ2v) is 4.81. The molecule has 2 N–H and O–H groups in total. The van der Waals surface area contributed by atoms with E-state index in [1.165, 1.54) is 12.5 Å². The van der Waals surface area contributed by atoms with Gasteiger partial charge in [0.05, 0.1) is 5.69 Å². The molecule has 0 saturated carbocycles. The fourth-order valence-electron chi connectivity index (χ4n) is 1.32. The highest BCUT2D eigenvalue weighted by molar-refractivity contribution is 5.88. The van der Waals surface area contributed by atoms with Crippen LogP contribution in [0.4, 0.5) is 0 Å². The molecular formula is C12H19N3O2. The van der Waals surface area contributed by atoms with Crippen LogP contribution in [0, 0.1) is 5.41 Å². The molecule has 0 bridgehead atoms. The van der Waals surface area contributed by atoms with E-state index in [-0.39, 0.29) is 11.0 Å². The molecule has 0 radical (unpaired) electrons. The van der Waals surface area contributed by atoms with E-state index < -0.39 is 5.97 Å². The highest BCUT2D eigenvalue weighted by atomic mass is 16.4. The predicted octanol–water partition coefficient (Wildman–Crippen LogP) is 1.70. The summed E-state index contributed by atoms with van der Waals surface area (Å²) in [4.78, 5) is 18.6. The van der Waals surface area contributed by atoms with Gasteiger partial charge in [-0.3, -0.25) is 0 Å². The molecule has 0 saturated heterocycles. The molecule has 0 aromatic carbocycles. The molecule has 0 unspecified atom stereocenters. The number of aromatic nitrogens is 2. The Bertz CT molecular complexity index is 391. The van der Waals surface area contributed by atoms with Crippen molar-refractivity contribution in [2.24, 2.45) is 5.41 Å². The molecule has 1 heterocycles. The zero-order valence-electron chi connectivity index (χ0n) is 10.5. The number of carboxylic acid groups (broad SMARTS) is 1. The van der Waals surface area contributed by atoms with Gasteiger partial charge in [0.15, 0.2) is 0 Å². The third kappa shape index (κ3) is 4.11. The largest absolute Gasteiger partial charge is 0.478 e. The summed E-state index contributed by atoms with van der Waals surface area (Å²) in [5.74, 6) is -0.989. The van der Waals surface area contributed by atoms with Crippen molar-refractivity contribution in [3.05, 3.63) is 23.8 Å². The summed E-state index contributed by atoms with van der Waals surface area (Å²) in [6.45, 7) is 7.74. The summed E-state index contributed by atoms with van der Waals surface area (Å²) in [5.41, 5.74) is 0.893. The van der Waals surface area contributed by atoms with Gasteiger partial charge in [-0.2, -0.15) is 0 Å². The van der Waals surface area contributed by atoms with Crippen LogP contribution in [-0.4, -0.2) is 27.6 Å². The highest BCUT2D eigenvalue weighted by Crippen LogP contribution is 2.17. The fraction of sp³-hybridized carbons (Fsp3) is 0.583. The first-order valence-corrected chi connectivity index (χ1v) is 5.69. The SMILES string of the molecule is CCC(C)(C)CNCc1ncncc1C(=O)O. The third-order valence-electron chi connectivity index (χ3n) is 2.88. The molecule has 5 heteroatoms. The first kappa shape index (κ1) is 13.6. The first-order valence-electron chi connectivity index (χ1n) is 5.69. The smallest absolute Gasteiger partial charge is 0.339 e. The standard InChI is InChI=1S/C12H19N3O2/c1-4-12(2,3)7-13-6-10-9(11(16)17)5-14-8-15-10/h5,8,13H,4,6-7H2,1-3H3,(H,16,17). The number of carbonyl (C=O) groups is 1. The van der Waals surface area contributed by atoms with Crippen LogP contribution in [0.1, 0.15) is 43.2 Å². The van der Waals surface area contributed by atoms with E-state index >= 15 is 0 Å². The minimum absolute atomic E-state index is 0.161. The minimum Gasteiger partial charge on any atom is -0.478 e. The lowest BCUT2D eigenvalue weighted by Crippen LogP contribution is -2.29. The maximum Gasteiger partial charge on any atom is 0.339 e. The highest BCUT2D eigenvalue weighted by Gasteiger charge is 2.16. The van der Waals surface area contributed by atoms with E-state index in [1.807, 2.05) is 0 Å². The van der Waals surface area contributed by atoms with Crippen LogP contribution in [-0.2, 0) is 6.54 Å². The lowest BCUT2D eigenvalue weighted by molar-refractivity contribution is 0.0694. The molecule has 0 aliphatic heterocycles. The van der Waals surface area contributed by atoms with Crippen LogP contribution < -0.4 is 5.32 Å². The van der Waals surface area contributed by atoms with Gasteiger partial charge in [-0.1, -0.05) is 20.8 Å². The van der Waals surface area contributed by atoms with Crippen LogP contribution in [0.15, 0.2) is 12.5 Å². The summed E-state index contributed by atoms with van der Waals surface area (Å²) in [6, 6.07) is 0. The normalized spacial score (nSPS) is 11.5. The van der Waals surface area contributed by atoms with Gasteiger partial charge in [-0.25, -0.2) is 14.8 Å². The Hall–Kier alpha value is -1.49. The lowest BCUT2D eigenvalue weighted by atomic mass is 9.90. The van der Waals surface area contributed by atoms with Gasteiger partial charge >= 0.3 is 5.97 Å². The lowest BCUT2D eigenvalue weighted by Gasteiger charge is -2.22. The third-order valence-corrected chi connectivity index (χ3v) is 2.88. The number of nitrogens with zero attached hydrogens (tertiary/aromatic N) is 2. The summed E-state index contributed by atoms with van der Waals surface area (Å²) in [5, 5.41) is 12.2. The van der Waals surface area contributed by atoms with Crippen molar-refractivity contribution in [1.29, 1.82) is 0 Å². The fourth-order valence-corrected chi connectivity index (χ4v) is 1.32. The van der Waals surface area contributed by atoms with Crippen LogP contribution in [0.3, 0.4) is 0 Å². The van der Waals surface area contributed by atoms with Crippen molar-refractivity contribution >= 4 is 5.97 Å². The van der Waals surface area contributed by atoms with E-state index in [9.17, 15) is 4.79 Å². The number of nitrogens with one attached hydrogen (secondary N) is 1. The quantitative estimate of drug-likeness (QED) is 0.787. The molecule has 0 aliphatic rings. The Morgan fingerprint density at radius 3 is 2.82 bits per heavy atom. The van der Waals surface area contributed by atoms with Crippen molar-refractivity contribution in [1.82, 2.24) is 15.3 Å². The second-order valence-electron chi connectivity index (χ2n) is 4.81. The molecule has 0 fully saturated rings. The zero-order valence-corrected chi connectivity index (χ0v) is 10.5. The van der Waals surface area contributed by atoms with Crippen molar-refractivity contribution < 1.29 is 9.90 Å². The average Bonchev–Trinajstić information content (AvgIpc) is 2.29. The Kier molecular flexibility index (Phi) is 4.57. The van der Waals surface area contributed by atoms with E-state index in [0.717, 1.165) is 13.0 Å². The second kappa shape index (κ2) is 5.72. The number of rotatable bonds is 6. The molecule has 94 valence electrons. The number of carboxylic acids is 1. The van der Waals surface area contributed by atoms with Crippen molar-refractivity contribution in [3.63, 3.8) is 0 Å². The van der Waals surface area contributed by atoms with Gasteiger partial charge < -0.3 is 10.4 Å². The van der Waals surface area contributed by atoms with E-state index in [1.54, 1.807) is 0 Å². The maximum atomic E-state index is 10.9. The van der Waals surface area contributed by atoms with Gasteiger partial charge in [0, 0.05) is 19.3 Å².